The van der Waals surface area contributed by atoms with Crippen molar-refractivity contribution >= 4 is 0 Å². The molecule has 5 nitrogen and oxygen atoms in total. The van der Waals surface area contributed by atoms with E-state index in [1.165, 1.54) is 12.3 Å². The lowest BCUT2D eigenvalue weighted by molar-refractivity contribution is -0.00523. The molecule has 0 aliphatic carbocycles. The highest BCUT2D eigenvalue weighted by Crippen LogP contribution is 2.13. The zero-order valence-electron chi connectivity index (χ0n) is 10.4. The number of halogens is 1. The van der Waals surface area contributed by atoms with Gasteiger partial charge in [-0.2, -0.15) is 5.10 Å². The van der Waals surface area contributed by atoms with Gasteiger partial charge in [0.15, 0.2) is 0 Å². The molecule has 0 unspecified atom stereocenters. The van der Waals surface area contributed by atoms with Gasteiger partial charge in [0.05, 0.1) is 37.7 Å². The van der Waals surface area contributed by atoms with Crippen LogP contribution in [0.15, 0.2) is 30.6 Å². The predicted molar refractivity (Wildman–Crippen MR) is 68.0 cm³/mol. The molecule has 2 aromatic heterocycles. The first-order chi connectivity index (χ1) is 9.31. The lowest BCUT2D eigenvalue weighted by Crippen LogP contribution is -2.46. The molecule has 0 amide bonds. The Bertz CT molecular complexity index is 536. The number of nitrogens with one attached hydrogen (secondary N) is 1. The second-order valence-electron chi connectivity index (χ2n) is 4.51. The minimum absolute atomic E-state index is 0.338. The number of ether oxygens (including phenoxy) is 1. The van der Waals surface area contributed by atoms with Crippen molar-refractivity contribution < 1.29 is 9.13 Å². The molecule has 19 heavy (non-hydrogen) atoms. The Labute approximate surface area is 110 Å². The summed E-state index contributed by atoms with van der Waals surface area (Å²) >= 11 is 0. The first-order valence-electron chi connectivity index (χ1n) is 6.28. The van der Waals surface area contributed by atoms with E-state index in [-0.39, 0.29) is 5.82 Å². The number of hydrogen-bond donors (Lipinski definition) is 1. The van der Waals surface area contributed by atoms with Gasteiger partial charge in [-0.1, -0.05) is 0 Å². The quantitative estimate of drug-likeness (QED) is 0.876. The molecular formula is C13H15FN4O. The van der Waals surface area contributed by atoms with Gasteiger partial charge in [-0.25, -0.2) is 4.39 Å². The minimum Gasteiger partial charge on any atom is -0.378 e. The second-order valence-corrected chi connectivity index (χ2v) is 4.51. The van der Waals surface area contributed by atoms with Crippen LogP contribution >= 0.6 is 0 Å². The minimum atomic E-state index is -0.338. The average molecular weight is 262 g/mol. The van der Waals surface area contributed by atoms with Crippen molar-refractivity contribution in [1.29, 1.82) is 0 Å². The van der Waals surface area contributed by atoms with E-state index >= 15 is 0 Å². The van der Waals surface area contributed by atoms with Crippen molar-refractivity contribution in [2.45, 2.75) is 12.6 Å². The van der Waals surface area contributed by atoms with Gasteiger partial charge in [-0.05, 0) is 18.2 Å². The van der Waals surface area contributed by atoms with Crippen molar-refractivity contribution in [3.8, 4) is 11.4 Å². The SMILES string of the molecule is Fc1ccc(-c2ccn(CCNC3COC3)n2)nc1. The van der Waals surface area contributed by atoms with Gasteiger partial charge in [0, 0.05) is 12.7 Å². The van der Waals surface area contributed by atoms with Crippen LogP contribution in [0.2, 0.25) is 0 Å². The third kappa shape index (κ3) is 2.97. The van der Waals surface area contributed by atoms with Gasteiger partial charge in [0.1, 0.15) is 11.5 Å². The molecule has 0 radical (unpaired) electrons. The van der Waals surface area contributed by atoms with E-state index in [1.54, 1.807) is 6.07 Å². The maximum absolute atomic E-state index is 12.8. The standard InChI is InChI=1S/C13H15FN4O/c14-10-1-2-12(16-7-10)13-3-5-18(17-13)6-4-15-11-8-19-9-11/h1-3,5,7,11,15H,4,6,8-9H2. The fourth-order valence-corrected chi connectivity index (χ4v) is 1.89. The summed E-state index contributed by atoms with van der Waals surface area (Å²) < 4.78 is 19.7. The van der Waals surface area contributed by atoms with Gasteiger partial charge in [0.25, 0.3) is 0 Å². The van der Waals surface area contributed by atoms with Crippen molar-refractivity contribution in [2.24, 2.45) is 0 Å². The van der Waals surface area contributed by atoms with Gasteiger partial charge >= 0.3 is 0 Å². The summed E-state index contributed by atoms with van der Waals surface area (Å²) in [5.41, 5.74) is 1.44. The van der Waals surface area contributed by atoms with E-state index in [9.17, 15) is 4.39 Å². The van der Waals surface area contributed by atoms with Crippen molar-refractivity contribution in [3.05, 3.63) is 36.4 Å². The van der Waals surface area contributed by atoms with E-state index in [0.29, 0.717) is 11.7 Å². The van der Waals surface area contributed by atoms with Crippen LogP contribution in [-0.4, -0.2) is 40.6 Å². The molecule has 0 bridgehead atoms. The van der Waals surface area contributed by atoms with Crippen molar-refractivity contribution in [2.75, 3.05) is 19.8 Å². The van der Waals surface area contributed by atoms with Gasteiger partial charge in [0.2, 0.25) is 0 Å². The first-order valence-corrected chi connectivity index (χ1v) is 6.28. The number of hydrogen-bond acceptors (Lipinski definition) is 4. The molecule has 2 aromatic rings. The van der Waals surface area contributed by atoms with Crippen LogP contribution in [0.25, 0.3) is 11.4 Å². The maximum atomic E-state index is 12.8. The molecule has 1 saturated heterocycles. The largest absolute Gasteiger partial charge is 0.378 e. The Morgan fingerprint density at radius 3 is 2.89 bits per heavy atom. The second kappa shape index (κ2) is 5.46. The fraction of sp³-hybridized carbons (Fsp3) is 0.385. The van der Waals surface area contributed by atoms with E-state index in [0.717, 1.165) is 32.0 Å². The van der Waals surface area contributed by atoms with Crippen LogP contribution < -0.4 is 5.32 Å². The smallest absolute Gasteiger partial charge is 0.141 e. The molecule has 0 spiro atoms. The molecule has 3 rings (SSSR count). The Balaban J connectivity index is 1.57. The molecule has 100 valence electrons. The zero-order valence-corrected chi connectivity index (χ0v) is 10.4. The van der Waals surface area contributed by atoms with E-state index < -0.39 is 0 Å². The Morgan fingerprint density at radius 1 is 1.32 bits per heavy atom. The van der Waals surface area contributed by atoms with E-state index in [1.807, 2.05) is 16.9 Å². The zero-order chi connectivity index (χ0) is 13.1. The average Bonchev–Trinajstić information content (AvgIpc) is 2.82. The van der Waals surface area contributed by atoms with Crippen LogP contribution in [0.3, 0.4) is 0 Å². The van der Waals surface area contributed by atoms with Crippen LogP contribution in [0.1, 0.15) is 0 Å². The molecule has 0 saturated carbocycles. The summed E-state index contributed by atoms with van der Waals surface area (Å²) in [5, 5.41) is 7.78. The van der Waals surface area contributed by atoms with Crippen LogP contribution in [0, 0.1) is 5.82 Å². The summed E-state index contributed by atoms with van der Waals surface area (Å²) in [6, 6.07) is 5.38. The highest BCUT2D eigenvalue weighted by Gasteiger charge is 2.16. The highest BCUT2D eigenvalue weighted by molar-refractivity contribution is 5.52. The Kier molecular flexibility index (Phi) is 3.52. The highest BCUT2D eigenvalue weighted by atomic mass is 19.1. The Morgan fingerprint density at radius 2 is 2.21 bits per heavy atom. The molecule has 6 heteroatoms. The van der Waals surface area contributed by atoms with Crippen LogP contribution in [0.5, 0.6) is 0 Å². The predicted octanol–water partition coefficient (Wildman–Crippen LogP) is 1.07. The van der Waals surface area contributed by atoms with E-state index in [2.05, 4.69) is 15.4 Å². The third-order valence-electron chi connectivity index (χ3n) is 3.04. The summed E-state index contributed by atoms with van der Waals surface area (Å²) in [7, 11) is 0. The van der Waals surface area contributed by atoms with Crippen molar-refractivity contribution in [3.63, 3.8) is 0 Å². The van der Waals surface area contributed by atoms with Crippen LogP contribution in [0.4, 0.5) is 4.39 Å². The number of nitrogens with zero attached hydrogens (tertiary/aromatic N) is 3. The first kappa shape index (κ1) is 12.3. The number of aromatic nitrogens is 3. The summed E-state index contributed by atoms with van der Waals surface area (Å²) in [5.74, 6) is -0.338. The molecule has 3 heterocycles. The van der Waals surface area contributed by atoms with Crippen LogP contribution in [-0.2, 0) is 11.3 Å². The molecule has 1 aliphatic rings. The molecule has 1 N–H and O–H groups in total. The molecular weight excluding hydrogens is 247 g/mol. The maximum Gasteiger partial charge on any atom is 0.141 e. The summed E-state index contributed by atoms with van der Waals surface area (Å²) in [6.07, 6.45) is 3.10. The number of pyridine rings is 1. The summed E-state index contributed by atoms with van der Waals surface area (Å²) in [4.78, 5) is 4.01. The molecule has 1 fully saturated rings. The van der Waals surface area contributed by atoms with Crippen molar-refractivity contribution in [1.82, 2.24) is 20.1 Å². The summed E-state index contributed by atoms with van der Waals surface area (Å²) in [6.45, 7) is 3.23. The Hall–Kier alpha value is -1.79. The van der Waals surface area contributed by atoms with E-state index in [4.69, 9.17) is 4.74 Å². The molecule has 1 aliphatic heterocycles. The van der Waals surface area contributed by atoms with Gasteiger partial charge in [-0.15, -0.1) is 0 Å². The molecule has 0 atom stereocenters. The lowest BCUT2D eigenvalue weighted by Gasteiger charge is -2.26. The fourth-order valence-electron chi connectivity index (χ4n) is 1.89. The normalized spacial score (nSPS) is 15.4. The topological polar surface area (TPSA) is 52.0 Å². The molecule has 0 aromatic carbocycles. The lowest BCUT2D eigenvalue weighted by atomic mass is 10.2. The number of rotatable bonds is 5. The monoisotopic (exact) mass is 262 g/mol. The third-order valence-corrected chi connectivity index (χ3v) is 3.04. The van der Waals surface area contributed by atoms with Gasteiger partial charge in [-0.3, -0.25) is 9.67 Å². The van der Waals surface area contributed by atoms with Gasteiger partial charge < -0.3 is 10.1 Å².